The van der Waals surface area contributed by atoms with E-state index < -0.39 is 5.54 Å². The fourth-order valence-corrected chi connectivity index (χ4v) is 3.58. The summed E-state index contributed by atoms with van der Waals surface area (Å²) in [6.45, 7) is 4.32. The monoisotopic (exact) mass is 358 g/mol. The molecule has 0 aromatic heterocycles. The van der Waals surface area contributed by atoms with Gasteiger partial charge in [-0.05, 0) is 65.2 Å². The van der Waals surface area contributed by atoms with Gasteiger partial charge in [0.05, 0.1) is 5.02 Å². The summed E-state index contributed by atoms with van der Waals surface area (Å²) in [4.78, 5) is 12.1. The van der Waals surface area contributed by atoms with Crippen molar-refractivity contribution < 1.29 is 4.79 Å². The summed E-state index contributed by atoms with van der Waals surface area (Å²) < 4.78 is 0.806. The molecule has 0 saturated heterocycles. The van der Waals surface area contributed by atoms with E-state index >= 15 is 0 Å². The van der Waals surface area contributed by atoms with Gasteiger partial charge in [-0.15, -0.1) is 0 Å². The molecule has 0 heterocycles. The van der Waals surface area contributed by atoms with Gasteiger partial charge in [-0.1, -0.05) is 25.4 Å². The molecule has 3 atom stereocenters. The predicted octanol–water partition coefficient (Wildman–Crippen LogP) is 4.19. The number of hydrogen-bond acceptors (Lipinski definition) is 2. The molecule has 0 aliphatic heterocycles. The van der Waals surface area contributed by atoms with Crippen LogP contribution in [0.1, 0.15) is 33.1 Å². The minimum Gasteiger partial charge on any atom is -0.371 e. The summed E-state index contributed by atoms with van der Waals surface area (Å²) in [5.41, 5.74) is 5.91. The zero-order valence-electron chi connectivity index (χ0n) is 11.7. The van der Waals surface area contributed by atoms with E-state index in [4.69, 9.17) is 17.3 Å². The third kappa shape index (κ3) is 2.96. The molecule has 3 N–H and O–H groups in total. The van der Waals surface area contributed by atoms with Crippen LogP contribution in [0.15, 0.2) is 22.7 Å². The Morgan fingerprint density at radius 2 is 2.20 bits per heavy atom. The largest absolute Gasteiger partial charge is 0.371 e. The quantitative estimate of drug-likeness (QED) is 0.850. The van der Waals surface area contributed by atoms with Gasteiger partial charge < -0.3 is 11.1 Å². The minimum atomic E-state index is -0.667. The molecule has 0 bridgehead atoms. The van der Waals surface area contributed by atoms with Crippen molar-refractivity contribution in [2.45, 2.75) is 38.6 Å². The van der Waals surface area contributed by atoms with Crippen LogP contribution in [0.5, 0.6) is 0 Å². The number of carbonyl (C=O) groups is 1. The van der Waals surface area contributed by atoms with Gasteiger partial charge in [0, 0.05) is 10.2 Å². The van der Waals surface area contributed by atoms with Crippen molar-refractivity contribution in [2.75, 3.05) is 5.32 Å². The molecule has 1 fully saturated rings. The highest BCUT2D eigenvalue weighted by Gasteiger charge is 2.45. The van der Waals surface area contributed by atoms with E-state index in [9.17, 15) is 4.79 Å². The lowest BCUT2D eigenvalue weighted by Gasteiger charge is -2.43. The standard InChI is InChI=1S/C15H20BrClN2O/c1-9-5-6-15(14(18)20,10(2)7-9)19-11-3-4-13(17)12(16)8-11/h3-4,8-10,19H,5-7H2,1-2H3,(H2,18,20). The van der Waals surface area contributed by atoms with Gasteiger partial charge in [-0.3, -0.25) is 4.79 Å². The Bertz CT molecular complexity index is 523. The summed E-state index contributed by atoms with van der Waals surface area (Å²) in [6.07, 6.45) is 2.78. The van der Waals surface area contributed by atoms with Crippen LogP contribution in [0.2, 0.25) is 5.02 Å². The van der Waals surface area contributed by atoms with Gasteiger partial charge in [0.1, 0.15) is 5.54 Å². The van der Waals surface area contributed by atoms with Crippen molar-refractivity contribution in [3.8, 4) is 0 Å². The van der Waals surface area contributed by atoms with Crippen LogP contribution in [-0.4, -0.2) is 11.4 Å². The first-order chi connectivity index (χ1) is 9.35. The van der Waals surface area contributed by atoms with Gasteiger partial charge in [0.25, 0.3) is 0 Å². The first-order valence-corrected chi connectivity index (χ1v) is 8.05. The number of benzene rings is 1. The van der Waals surface area contributed by atoms with Crippen LogP contribution in [0, 0.1) is 11.8 Å². The second kappa shape index (κ2) is 5.94. The summed E-state index contributed by atoms with van der Waals surface area (Å²) in [6, 6.07) is 5.57. The molecule has 3 unspecified atom stereocenters. The minimum absolute atomic E-state index is 0.207. The van der Waals surface area contributed by atoms with Crippen LogP contribution in [0.25, 0.3) is 0 Å². The fourth-order valence-electron chi connectivity index (χ4n) is 3.09. The van der Waals surface area contributed by atoms with Gasteiger partial charge in [0.15, 0.2) is 0 Å². The molecular weight excluding hydrogens is 340 g/mol. The molecule has 1 amide bonds. The highest BCUT2D eigenvalue weighted by Crippen LogP contribution is 2.39. The maximum Gasteiger partial charge on any atom is 0.243 e. The number of anilines is 1. The van der Waals surface area contributed by atoms with Crippen LogP contribution < -0.4 is 11.1 Å². The number of amides is 1. The zero-order chi connectivity index (χ0) is 14.9. The average molecular weight is 360 g/mol. The lowest BCUT2D eigenvalue weighted by Crippen LogP contribution is -2.57. The molecule has 5 heteroatoms. The third-order valence-electron chi connectivity index (χ3n) is 4.36. The van der Waals surface area contributed by atoms with Crippen molar-refractivity contribution in [3.05, 3.63) is 27.7 Å². The molecule has 0 spiro atoms. The number of nitrogens with two attached hydrogens (primary N) is 1. The van der Waals surface area contributed by atoms with Crippen molar-refractivity contribution in [2.24, 2.45) is 17.6 Å². The molecule has 1 aliphatic carbocycles. The van der Waals surface area contributed by atoms with Crippen LogP contribution in [-0.2, 0) is 4.79 Å². The molecule has 1 saturated carbocycles. The topological polar surface area (TPSA) is 55.1 Å². The van der Waals surface area contributed by atoms with Gasteiger partial charge in [-0.25, -0.2) is 0 Å². The summed E-state index contributed by atoms with van der Waals surface area (Å²) in [5, 5.41) is 4.02. The number of nitrogens with one attached hydrogen (secondary N) is 1. The van der Waals surface area contributed by atoms with E-state index in [1.54, 1.807) is 6.07 Å². The Hall–Kier alpha value is -0.740. The molecule has 1 aliphatic rings. The van der Waals surface area contributed by atoms with E-state index in [2.05, 4.69) is 35.1 Å². The Kier molecular flexibility index (Phi) is 4.65. The second-order valence-electron chi connectivity index (χ2n) is 5.87. The van der Waals surface area contributed by atoms with E-state index in [0.717, 1.165) is 29.4 Å². The van der Waals surface area contributed by atoms with Gasteiger partial charge in [0.2, 0.25) is 5.91 Å². The highest BCUT2D eigenvalue weighted by molar-refractivity contribution is 9.10. The lowest BCUT2D eigenvalue weighted by atomic mass is 9.69. The molecule has 2 rings (SSSR count). The van der Waals surface area contributed by atoms with Crippen LogP contribution in [0.3, 0.4) is 0 Å². The zero-order valence-corrected chi connectivity index (χ0v) is 14.1. The van der Waals surface area contributed by atoms with E-state index in [-0.39, 0.29) is 11.8 Å². The van der Waals surface area contributed by atoms with Crippen LogP contribution in [0.4, 0.5) is 5.69 Å². The number of carbonyl (C=O) groups excluding carboxylic acids is 1. The maximum absolute atomic E-state index is 12.1. The number of primary amides is 1. The Morgan fingerprint density at radius 1 is 1.50 bits per heavy atom. The van der Waals surface area contributed by atoms with Crippen molar-refractivity contribution >= 4 is 39.1 Å². The Balaban J connectivity index is 2.29. The predicted molar refractivity (Wildman–Crippen MR) is 86.9 cm³/mol. The summed E-state index contributed by atoms with van der Waals surface area (Å²) in [7, 11) is 0. The van der Waals surface area contributed by atoms with E-state index in [1.807, 2.05) is 12.1 Å². The number of rotatable bonds is 3. The third-order valence-corrected chi connectivity index (χ3v) is 5.57. The highest BCUT2D eigenvalue weighted by atomic mass is 79.9. The Morgan fingerprint density at radius 3 is 2.75 bits per heavy atom. The lowest BCUT2D eigenvalue weighted by molar-refractivity contribution is -0.125. The molecule has 0 radical (unpaired) electrons. The number of halogens is 2. The normalized spacial score (nSPS) is 30.0. The molecule has 3 nitrogen and oxygen atoms in total. The first kappa shape index (κ1) is 15.6. The molecule has 110 valence electrons. The maximum atomic E-state index is 12.1. The molecular formula is C15H20BrClN2O. The molecule has 20 heavy (non-hydrogen) atoms. The number of hydrogen-bond donors (Lipinski definition) is 2. The SMILES string of the molecule is CC1CCC(Nc2ccc(Cl)c(Br)c2)(C(N)=O)C(C)C1. The van der Waals surface area contributed by atoms with Crippen LogP contribution >= 0.6 is 27.5 Å². The van der Waals surface area contributed by atoms with E-state index in [0.29, 0.717) is 10.9 Å². The summed E-state index contributed by atoms with van der Waals surface area (Å²) >= 11 is 9.40. The summed E-state index contributed by atoms with van der Waals surface area (Å²) in [5.74, 6) is 0.567. The average Bonchev–Trinajstić information content (AvgIpc) is 2.37. The molecule has 1 aromatic carbocycles. The smallest absolute Gasteiger partial charge is 0.243 e. The van der Waals surface area contributed by atoms with Crippen molar-refractivity contribution in [1.29, 1.82) is 0 Å². The van der Waals surface area contributed by atoms with Crippen molar-refractivity contribution in [3.63, 3.8) is 0 Å². The van der Waals surface area contributed by atoms with E-state index in [1.165, 1.54) is 0 Å². The Labute approximate surface area is 133 Å². The first-order valence-electron chi connectivity index (χ1n) is 6.88. The van der Waals surface area contributed by atoms with Gasteiger partial charge in [-0.2, -0.15) is 0 Å². The second-order valence-corrected chi connectivity index (χ2v) is 7.13. The van der Waals surface area contributed by atoms with Gasteiger partial charge >= 0.3 is 0 Å². The molecule has 1 aromatic rings. The fraction of sp³-hybridized carbons (Fsp3) is 0.533. The van der Waals surface area contributed by atoms with Crippen molar-refractivity contribution in [1.82, 2.24) is 0 Å².